The highest BCUT2D eigenvalue weighted by atomic mass is 16.5. The van der Waals surface area contributed by atoms with E-state index in [0.29, 0.717) is 22.9 Å². The Hall–Kier alpha value is -2.15. The minimum absolute atomic E-state index is 0.237. The molecular formula is C18H28N2O5. The van der Waals surface area contributed by atoms with Crippen molar-refractivity contribution in [3.63, 3.8) is 0 Å². The molecule has 0 radical (unpaired) electrons. The molecule has 0 saturated heterocycles. The minimum atomic E-state index is -0.508. The van der Waals surface area contributed by atoms with E-state index in [2.05, 4.69) is 10.6 Å². The number of benzene rings is 1. The van der Waals surface area contributed by atoms with Gasteiger partial charge in [-0.05, 0) is 18.8 Å². The first-order valence-corrected chi connectivity index (χ1v) is 8.62. The summed E-state index contributed by atoms with van der Waals surface area (Å²) in [5.74, 6) is 1.65. The van der Waals surface area contributed by atoms with Gasteiger partial charge in [0.2, 0.25) is 5.75 Å². The molecule has 140 valence electrons. The number of methoxy groups -OCH3 is 3. The van der Waals surface area contributed by atoms with Crippen LogP contribution in [-0.2, 0) is 0 Å². The van der Waals surface area contributed by atoms with Crippen LogP contribution >= 0.6 is 0 Å². The second kappa shape index (κ2) is 9.36. The number of aliphatic hydroxyl groups is 1. The Labute approximate surface area is 148 Å². The topological polar surface area (TPSA) is 89.1 Å². The molecule has 1 aliphatic carbocycles. The highest BCUT2D eigenvalue weighted by molar-refractivity contribution is 5.90. The van der Waals surface area contributed by atoms with Crippen molar-refractivity contribution in [2.24, 2.45) is 5.92 Å². The Morgan fingerprint density at radius 3 is 2.24 bits per heavy atom. The molecule has 1 aliphatic rings. The molecule has 0 bridgehead atoms. The molecule has 7 nitrogen and oxygen atoms in total. The van der Waals surface area contributed by atoms with Crippen molar-refractivity contribution in [3.05, 3.63) is 12.1 Å². The first-order chi connectivity index (χ1) is 12.1. The Morgan fingerprint density at radius 2 is 1.72 bits per heavy atom. The number of rotatable bonds is 7. The summed E-state index contributed by atoms with van der Waals surface area (Å²) < 4.78 is 15.8. The third-order valence-corrected chi connectivity index (χ3v) is 4.59. The summed E-state index contributed by atoms with van der Waals surface area (Å²) in [6, 6.07) is 2.92. The van der Waals surface area contributed by atoms with Gasteiger partial charge in [-0.25, -0.2) is 4.79 Å². The van der Waals surface area contributed by atoms with E-state index in [1.165, 1.54) is 27.8 Å². The highest BCUT2D eigenvalue weighted by Crippen LogP contribution is 2.39. The van der Waals surface area contributed by atoms with E-state index in [-0.39, 0.29) is 18.5 Å². The zero-order chi connectivity index (χ0) is 18.2. The number of aliphatic hydroxyl groups excluding tert-OH is 1. The van der Waals surface area contributed by atoms with E-state index >= 15 is 0 Å². The number of urea groups is 1. The van der Waals surface area contributed by atoms with Gasteiger partial charge >= 0.3 is 6.03 Å². The first kappa shape index (κ1) is 19.2. The zero-order valence-corrected chi connectivity index (χ0v) is 15.1. The van der Waals surface area contributed by atoms with Gasteiger partial charge in [0.15, 0.2) is 11.5 Å². The van der Waals surface area contributed by atoms with Crippen molar-refractivity contribution in [2.75, 3.05) is 33.2 Å². The van der Waals surface area contributed by atoms with Gasteiger partial charge in [0.05, 0.1) is 33.1 Å². The molecule has 7 heteroatoms. The normalized spacial score (nSPS) is 16.0. The number of amides is 2. The van der Waals surface area contributed by atoms with Gasteiger partial charge in [0.25, 0.3) is 0 Å². The van der Waals surface area contributed by atoms with Gasteiger partial charge < -0.3 is 30.0 Å². The fraction of sp³-hybridized carbons (Fsp3) is 0.611. The molecule has 1 aromatic rings. The quantitative estimate of drug-likeness (QED) is 0.702. The van der Waals surface area contributed by atoms with E-state index in [1.807, 2.05) is 0 Å². The number of hydrogen-bond acceptors (Lipinski definition) is 5. The van der Waals surface area contributed by atoms with Crippen LogP contribution in [0.4, 0.5) is 10.5 Å². The standard InChI is InChI=1S/C18H28N2O5/c1-23-15-9-13(10-16(24-2)17(15)25-3)20-18(22)19-11-14(21)12-7-5-4-6-8-12/h9-10,12,14,21H,4-8,11H2,1-3H3,(H2,19,20,22). The van der Waals surface area contributed by atoms with E-state index in [9.17, 15) is 9.90 Å². The fourth-order valence-electron chi connectivity index (χ4n) is 3.21. The smallest absolute Gasteiger partial charge is 0.319 e. The molecule has 1 aromatic carbocycles. The van der Waals surface area contributed by atoms with Crippen molar-refractivity contribution >= 4 is 11.7 Å². The maximum Gasteiger partial charge on any atom is 0.319 e. The Bertz CT molecular complexity index is 548. The largest absolute Gasteiger partial charge is 0.493 e. The number of ether oxygens (including phenoxy) is 3. The molecule has 1 fully saturated rings. The Balaban J connectivity index is 1.93. The molecule has 3 N–H and O–H groups in total. The van der Waals surface area contributed by atoms with Gasteiger partial charge in [-0.3, -0.25) is 0 Å². The summed E-state index contributed by atoms with van der Waals surface area (Å²) in [7, 11) is 4.55. The third kappa shape index (κ3) is 5.16. The summed E-state index contributed by atoms with van der Waals surface area (Å²) in [4.78, 5) is 12.1. The van der Waals surface area contributed by atoms with Crippen molar-refractivity contribution in [3.8, 4) is 17.2 Å². The lowest BCUT2D eigenvalue weighted by atomic mass is 9.85. The predicted molar refractivity (Wildman–Crippen MR) is 95.7 cm³/mol. The lowest BCUT2D eigenvalue weighted by molar-refractivity contribution is 0.0863. The highest BCUT2D eigenvalue weighted by Gasteiger charge is 2.22. The van der Waals surface area contributed by atoms with E-state index < -0.39 is 6.10 Å². The molecule has 0 heterocycles. The molecule has 1 saturated carbocycles. The summed E-state index contributed by atoms with van der Waals surface area (Å²) in [6.07, 6.45) is 5.08. The van der Waals surface area contributed by atoms with E-state index in [0.717, 1.165) is 25.7 Å². The van der Waals surface area contributed by atoms with Crippen molar-refractivity contribution in [1.29, 1.82) is 0 Å². The molecule has 0 aliphatic heterocycles. The monoisotopic (exact) mass is 352 g/mol. The van der Waals surface area contributed by atoms with Gasteiger partial charge in [0.1, 0.15) is 0 Å². The number of anilines is 1. The SMILES string of the molecule is COc1cc(NC(=O)NCC(O)C2CCCCC2)cc(OC)c1OC. The average molecular weight is 352 g/mol. The second-order valence-electron chi connectivity index (χ2n) is 6.21. The summed E-state index contributed by atoms with van der Waals surface area (Å²) in [6.45, 7) is 0.237. The third-order valence-electron chi connectivity index (χ3n) is 4.59. The molecule has 1 atom stereocenters. The van der Waals surface area contributed by atoms with Crippen LogP contribution < -0.4 is 24.8 Å². The molecular weight excluding hydrogens is 324 g/mol. The van der Waals surface area contributed by atoms with Crippen LogP contribution in [-0.4, -0.2) is 45.1 Å². The summed E-state index contributed by atoms with van der Waals surface area (Å²) in [5.41, 5.74) is 0.513. The maximum atomic E-state index is 12.1. The molecule has 1 unspecified atom stereocenters. The minimum Gasteiger partial charge on any atom is -0.493 e. The average Bonchev–Trinajstić information content (AvgIpc) is 2.65. The summed E-state index contributed by atoms with van der Waals surface area (Å²) in [5, 5.41) is 15.7. The van der Waals surface area contributed by atoms with Crippen molar-refractivity contribution in [2.45, 2.75) is 38.2 Å². The Morgan fingerprint density at radius 1 is 1.12 bits per heavy atom. The Kier molecular flexibility index (Phi) is 7.18. The fourth-order valence-corrected chi connectivity index (χ4v) is 3.21. The van der Waals surface area contributed by atoms with Crippen LogP contribution in [0, 0.1) is 5.92 Å². The zero-order valence-electron chi connectivity index (χ0n) is 15.1. The van der Waals surface area contributed by atoms with Crippen LogP contribution in [0.25, 0.3) is 0 Å². The molecule has 25 heavy (non-hydrogen) atoms. The van der Waals surface area contributed by atoms with Crippen molar-refractivity contribution < 1.29 is 24.1 Å². The van der Waals surface area contributed by atoms with Gasteiger partial charge in [0, 0.05) is 18.7 Å². The van der Waals surface area contributed by atoms with Crippen LogP contribution in [0.5, 0.6) is 17.2 Å². The van der Waals surface area contributed by atoms with Crippen LogP contribution in [0.15, 0.2) is 12.1 Å². The lowest BCUT2D eigenvalue weighted by Crippen LogP contribution is -2.39. The number of carbonyl (C=O) groups excluding carboxylic acids is 1. The lowest BCUT2D eigenvalue weighted by Gasteiger charge is -2.26. The number of nitrogens with one attached hydrogen (secondary N) is 2. The second-order valence-corrected chi connectivity index (χ2v) is 6.21. The van der Waals surface area contributed by atoms with E-state index in [4.69, 9.17) is 14.2 Å². The van der Waals surface area contributed by atoms with Gasteiger partial charge in [-0.2, -0.15) is 0 Å². The number of carbonyl (C=O) groups is 1. The molecule has 2 rings (SSSR count). The van der Waals surface area contributed by atoms with Crippen LogP contribution in [0.2, 0.25) is 0 Å². The van der Waals surface area contributed by atoms with E-state index in [1.54, 1.807) is 12.1 Å². The molecule has 0 spiro atoms. The van der Waals surface area contributed by atoms with Gasteiger partial charge in [-0.15, -0.1) is 0 Å². The van der Waals surface area contributed by atoms with Crippen LogP contribution in [0.1, 0.15) is 32.1 Å². The first-order valence-electron chi connectivity index (χ1n) is 8.62. The molecule has 0 aromatic heterocycles. The summed E-state index contributed by atoms with van der Waals surface area (Å²) >= 11 is 0. The van der Waals surface area contributed by atoms with Crippen molar-refractivity contribution in [1.82, 2.24) is 5.32 Å². The molecule has 2 amide bonds. The maximum absolute atomic E-state index is 12.1. The van der Waals surface area contributed by atoms with Gasteiger partial charge in [-0.1, -0.05) is 19.3 Å². The predicted octanol–water partition coefficient (Wildman–Crippen LogP) is 2.78. The van der Waals surface area contributed by atoms with Crippen LogP contribution in [0.3, 0.4) is 0 Å². The number of hydrogen-bond donors (Lipinski definition) is 3.